The molecule has 0 spiro atoms. The number of rotatable bonds is 11. The van der Waals surface area contributed by atoms with E-state index < -0.39 is 28.5 Å². The second-order valence-electron chi connectivity index (χ2n) is 11.0. The molecule has 0 saturated heterocycles. The van der Waals surface area contributed by atoms with Crippen LogP contribution in [0, 0.1) is 13.8 Å². The van der Waals surface area contributed by atoms with Gasteiger partial charge in [0.25, 0.3) is 0 Å². The number of carbonyl (C=O) groups excluding carboxylic acids is 2. The summed E-state index contributed by atoms with van der Waals surface area (Å²) in [5, 5.41) is 3.86. The van der Waals surface area contributed by atoms with Gasteiger partial charge in [-0.3, -0.25) is 13.9 Å². The number of amides is 2. The third kappa shape index (κ3) is 8.06. The molecule has 10 heteroatoms. The molecule has 1 aliphatic rings. The first-order valence-corrected chi connectivity index (χ1v) is 16.7. The van der Waals surface area contributed by atoms with Crippen molar-refractivity contribution in [3.8, 4) is 0 Å². The summed E-state index contributed by atoms with van der Waals surface area (Å²) in [5.41, 5.74) is 3.63. The fraction of sp³-hybridized carbons (Fsp3) is 0.375. The first-order chi connectivity index (χ1) is 19.9. The number of aryl methyl sites for hydroxylation is 1. The lowest BCUT2D eigenvalue weighted by atomic mass is 10.0. The first-order valence-electron chi connectivity index (χ1n) is 14.1. The van der Waals surface area contributed by atoms with E-state index in [1.165, 1.54) is 4.90 Å². The molecule has 0 radical (unpaired) electrons. The van der Waals surface area contributed by atoms with Crippen LogP contribution in [0.4, 0.5) is 5.69 Å². The Labute approximate surface area is 258 Å². The minimum Gasteiger partial charge on any atom is -0.352 e. The van der Waals surface area contributed by atoms with Crippen LogP contribution in [0.5, 0.6) is 0 Å². The van der Waals surface area contributed by atoms with Crippen molar-refractivity contribution in [1.29, 1.82) is 0 Å². The lowest BCUT2D eigenvalue weighted by molar-refractivity contribution is -0.140. The molecule has 0 aliphatic heterocycles. The molecule has 224 valence electrons. The number of halogens is 2. The molecular weight excluding hydrogens is 593 g/mol. The van der Waals surface area contributed by atoms with E-state index in [4.69, 9.17) is 23.2 Å². The van der Waals surface area contributed by atoms with Crippen molar-refractivity contribution in [2.24, 2.45) is 0 Å². The molecule has 1 fully saturated rings. The van der Waals surface area contributed by atoms with Crippen LogP contribution < -0.4 is 9.62 Å². The average molecular weight is 631 g/mol. The molecule has 3 aromatic rings. The van der Waals surface area contributed by atoms with E-state index in [1.54, 1.807) is 30.3 Å². The SMILES string of the molecule is Cc1cccc(N(CC(=O)N(Cc2ccc(Cl)c(Cl)c2)C(Cc2ccccc2)C(=O)NC2CCCC2)S(C)(=O)=O)c1C. The molecule has 1 unspecified atom stereocenters. The number of hydrogen-bond acceptors (Lipinski definition) is 4. The number of nitrogens with zero attached hydrogens (tertiary/aromatic N) is 2. The zero-order valence-corrected chi connectivity index (χ0v) is 26.5. The smallest absolute Gasteiger partial charge is 0.244 e. The summed E-state index contributed by atoms with van der Waals surface area (Å²) in [4.78, 5) is 29.7. The van der Waals surface area contributed by atoms with Gasteiger partial charge < -0.3 is 10.2 Å². The fourth-order valence-corrected chi connectivity index (χ4v) is 6.58. The highest BCUT2D eigenvalue weighted by Crippen LogP contribution is 2.27. The van der Waals surface area contributed by atoms with Crippen LogP contribution in [0.1, 0.15) is 47.9 Å². The number of anilines is 1. The Morgan fingerprint density at radius 2 is 1.62 bits per heavy atom. The Balaban J connectivity index is 1.76. The highest BCUT2D eigenvalue weighted by atomic mass is 35.5. The molecule has 1 saturated carbocycles. The molecule has 7 nitrogen and oxygen atoms in total. The Morgan fingerprint density at radius 3 is 2.26 bits per heavy atom. The van der Waals surface area contributed by atoms with Gasteiger partial charge in [0, 0.05) is 19.0 Å². The summed E-state index contributed by atoms with van der Waals surface area (Å²) < 4.78 is 27.2. The Bertz CT molecular complexity index is 1530. The molecule has 1 aliphatic carbocycles. The van der Waals surface area contributed by atoms with Crippen LogP contribution in [0.2, 0.25) is 10.0 Å². The fourth-order valence-electron chi connectivity index (χ4n) is 5.36. The normalized spacial score (nSPS) is 14.4. The maximum absolute atomic E-state index is 14.3. The van der Waals surface area contributed by atoms with E-state index in [2.05, 4.69) is 5.32 Å². The number of nitrogens with one attached hydrogen (secondary N) is 1. The summed E-state index contributed by atoms with van der Waals surface area (Å²) in [6.07, 6.45) is 5.20. The largest absolute Gasteiger partial charge is 0.352 e. The number of benzene rings is 3. The van der Waals surface area contributed by atoms with Gasteiger partial charge in [0.1, 0.15) is 12.6 Å². The van der Waals surface area contributed by atoms with Crippen molar-refractivity contribution < 1.29 is 18.0 Å². The zero-order valence-electron chi connectivity index (χ0n) is 24.1. The summed E-state index contributed by atoms with van der Waals surface area (Å²) in [7, 11) is -3.85. The molecule has 0 bridgehead atoms. The Hall–Kier alpha value is -3.07. The third-order valence-electron chi connectivity index (χ3n) is 7.83. The van der Waals surface area contributed by atoms with E-state index in [9.17, 15) is 18.0 Å². The summed E-state index contributed by atoms with van der Waals surface area (Å²) in [6.45, 7) is 3.29. The monoisotopic (exact) mass is 629 g/mol. The molecule has 0 aromatic heterocycles. The molecule has 0 heterocycles. The van der Waals surface area contributed by atoms with Gasteiger partial charge in [0.15, 0.2) is 0 Å². The predicted molar refractivity (Wildman–Crippen MR) is 169 cm³/mol. The van der Waals surface area contributed by atoms with Crippen molar-refractivity contribution >= 4 is 50.7 Å². The van der Waals surface area contributed by atoms with Crippen LogP contribution in [0.15, 0.2) is 66.7 Å². The Kier molecular flexibility index (Phi) is 10.6. The highest BCUT2D eigenvalue weighted by molar-refractivity contribution is 7.92. The molecule has 42 heavy (non-hydrogen) atoms. The molecule has 2 amide bonds. The van der Waals surface area contributed by atoms with Gasteiger partial charge in [-0.2, -0.15) is 0 Å². The van der Waals surface area contributed by atoms with Gasteiger partial charge in [-0.05, 0) is 67.1 Å². The molecule has 1 atom stereocenters. The summed E-state index contributed by atoms with van der Waals surface area (Å²) in [6, 6.07) is 19.0. The van der Waals surface area contributed by atoms with Crippen LogP contribution in [-0.2, 0) is 32.6 Å². The van der Waals surface area contributed by atoms with Gasteiger partial charge >= 0.3 is 0 Å². The van der Waals surface area contributed by atoms with Gasteiger partial charge in [0.2, 0.25) is 21.8 Å². The number of sulfonamides is 1. The Morgan fingerprint density at radius 1 is 0.929 bits per heavy atom. The summed E-state index contributed by atoms with van der Waals surface area (Å²) >= 11 is 12.5. The molecule has 3 aromatic carbocycles. The molecule has 1 N–H and O–H groups in total. The van der Waals surface area contributed by atoms with Gasteiger partial charge in [0.05, 0.1) is 22.0 Å². The minimum absolute atomic E-state index is 0.0374. The van der Waals surface area contributed by atoms with Crippen molar-refractivity contribution in [2.45, 2.75) is 64.6 Å². The zero-order chi connectivity index (χ0) is 30.4. The highest BCUT2D eigenvalue weighted by Gasteiger charge is 2.34. The molecule has 4 rings (SSSR count). The van der Waals surface area contributed by atoms with Crippen molar-refractivity contribution in [3.63, 3.8) is 0 Å². The van der Waals surface area contributed by atoms with Crippen LogP contribution >= 0.6 is 23.2 Å². The standard InChI is InChI=1S/C32H37Cl2N3O4S/c1-22-10-9-15-29(23(22)2)37(42(3,40)41)21-31(38)36(20-25-16-17-27(33)28(34)18-25)30(19-24-11-5-4-6-12-24)32(39)35-26-13-7-8-14-26/h4-6,9-12,15-18,26,30H,7-8,13-14,19-21H2,1-3H3,(H,35,39). The van der Waals surface area contributed by atoms with E-state index in [0.29, 0.717) is 21.3 Å². The average Bonchev–Trinajstić information content (AvgIpc) is 3.46. The maximum Gasteiger partial charge on any atom is 0.244 e. The van der Waals surface area contributed by atoms with E-state index in [1.807, 2.05) is 50.2 Å². The van der Waals surface area contributed by atoms with E-state index >= 15 is 0 Å². The lowest BCUT2D eigenvalue weighted by Gasteiger charge is -2.34. The van der Waals surface area contributed by atoms with Crippen LogP contribution in [0.3, 0.4) is 0 Å². The topological polar surface area (TPSA) is 86.8 Å². The lowest BCUT2D eigenvalue weighted by Crippen LogP contribution is -2.54. The van der Waals surface area contributed by atoms with E-state index in [-0.39, 0.29) is 24.9 Å². The van der Waals surface area contributed by atoms with Crippen molar-refractivity contribution in [1.82, 2.24) is 10.2 Å². The number of hydrogen-bond donors (Lipinski definition) is 1. The minimum atomic E-state index is -3.85. The third-order valence-corrected chi connectivity index (χ3v) is 9.70. The second kappa shape index (κ2) is 13.9. The molecular formula is C32H37Cl2N3O4S. The van der Waals surface area contributed by atoms with E-state index in [0.717, 1.165) is 52.9 Å². The quantitative estimate of drug-likeness (QED) is 0.279. The van der Waals surface area contributed by atoms with Crippen molar-refractivity contribution in [3.05, 3.63) is 99.0 Å². The van der Waals surface area contributed by atoms with Crippen LogP contribution in [0.25, 0.3) is 0 Å². The van der Waals surface area contributed by atoms with Crippen molar-refractivity contribution in [2.75, 3.05) is 17.1 Å². The number of carbonyl (C=O) groups is 2. The van der Waals surface area contributed by atoms with Gasteiger partial charge in [-0.25, -0.2) is 8.42 Å². The first kappa shape index (κ1) is 31.9. The second-order valence-corrected chi connectivity index (χ2v) is 13.7. The van der Waals surface area contributed by atoms with Crippen LogP contribution in [-0.4, -0.2) is 50.0 Å². The summed E-state index contributed by atoms with van der Waals surface area (Å²) in [5.74, 6) is -0.772. The van der Waals surface area contributed by atoms with Gasteiger partial charge in [-0.1, -0.05) is 84.6 Å². The predicted octanol–water partition coefficient (Wildman–Crippen LogP) is 6.08. The van der Waals surface area contributed by atoms with Gasteiger partial charge in [-0.15, -0.1) is 0 Å². The maximum atomic E-state index is 14.3.